The molecule has 250 valence electrons. The van der Waals surface area contributed by atoms with Gasteiger partial charge in [-0.2, -0.15) is 0 Å². The second-order valence-electron chi connectivity index (χ2n) is 14.6. The first kappa shape index (κ1) is 31.7. The zero-order chi connectivity index (χ0) is 34.4. The van der Waals surface area contributed by atoms with Gasteiger partial charge in [0.1, 0.15) is 5.65 Å². The summed E-state index contributed by atoms with van der Waals surface area (Å²) >= 11 is 0. The lowest BCUT2D eigenvalue weighted by Crippen LogP contribution is -2.21. The van der Waals surface area contributed by atoms with Crippen molar-refractivity contribution in [2.45, 2.75) is 40.5 Å². The van der Waals surface area contributed by atoms with Gasteiger partial charge >= 0.3 is 0 Å². The van der Waals surface area contributed by atoms with Crippen molar-refractivity contribution >= 4 is 50.1 Å². The van der Waals surface area contributed by atoms with Gasteiger partial charge in [-0.05, 0) is 89.7 Å². The summed E-state index contributed by atoms with van der Waals surface area (Å²) < 4.78 is 2.42. The molecule has 8 rings (SSSR count). The molecule has 5 heteroatoms. The van der Waals surface area contributed by atoms with Gasteiger partial charge in [-0.1, -0.05) is 94.4 Å². The third kappa shape index (κ3) is 5.77. The number of imidazole rings is 1. The number of fused-ring (bicyclic) bond motifs is 6. The van der Waals surface area contributed by atoms with E-state index in [9.17, 15) is 0 Å². The molecule has 3 heterocycles. The first-order valence-electron chi connectivity index (χ1n) is 17.9. The molecule has 0 saturated carbocycles. The van der Waals surface area contributed by atoms with Crippen molar-refractivity contribution in [3.8, 4) is 11.3 Å². The molecule has 50 heavy (non-hydrogen) atoms. The van der Waals surface area contributed by atoms with Crippen LogP contribution >= 0.6 is 0 Å². The fourth-order valence-electron chi connectivity index (χ4n) is 7.68. The molecule has 5 aromatic carbocycles. The van der Waals surface area contributed by atoms with Gasteiger partial charge in [-0.3, -0.25) is 4.40 Å². The summed E-state index contributed by atoms with van der Waals surface area (Å²) in [4.78, 5) is 12.1. The van der Waals surface area contributed by atoms with Crippen molar-refractivity contribution in [2.24, 2.45) is 11.8 Å². The van der Waals surface area contributed by atoms with E-state index in [1.165, 1.54) is 38.7 Å². The Balaban J connectivity index is 1.37. The van der Waals surface area contributed by atoms with Gasteiger partial charge in [-0.25, -0.2) is 4.98 Å². The Labute approximate surface area is 295 Å². The Bertz CT molecular complexity index is 2320. The Hall–Kier alpha value is -5.55. The molecule has 0 fully saturated rings. The predicted octanol–water partition coefficient (Wildman–Crippen LogP) is 11.4. The summed E-state index contributed by atoms with van der Waals surface area (Å²) in [6.45, 7) is 10.1. The first-order valence-corrected chi connectivity index (χ1v) is 17.9. The van der Waals surface area contributed by atoms with Crippen LogP contribution in [0.3, 0.4) is 0 Å². The molecule has 0 spiro atoms. The van der Waals surface area contributed by atoms with Gasteiger partial charge < -0.3 is 14.7 Å². The second-order valence-corrected chi connectivity index (χ2v) is 14.6. The van der Waals surface area contributed by atoms with Gasteiger partial charge in [0.15, 0.2) is 0 Å². The SMILES string of the molecule is CC(C)Cc1cccc(CC(C)C)c1-c1cnc2c3cc(N(c4ccccc4)c4cccc(N5C=CN(C)C5)c4)ccc3c3ccccc3n12. The van der Waals surface area contributed by atoms with Crippen LogP contribution in [0.2, 0.25) is 0 Å². The molecule has 0 atom stereocenters. The monoisotopic (exact) mass is 655 g/mol. The molecule has 0 saturated heterocycles. The van der Waals surface area contributed by atoms with Crippen molar-refractivity contribution in [1.29, 1.82) is 0 Å². The molecule has 0 N–H and O–H groups in total. The van der Waals surface area contributed by atoms with Crippen LogP contribution in [0.1, 0.15) is 38.8 Å². The minimum absolute atomic E-state index is 0.548. The number of rotatable bonds is 9. The third-order valence-electron chi connectivity index (χ3n) is 9.76. The fourth-order valence-corrected chi connectivity index (χ4v) is 7.68. The fraction of sp³-hybridized carbons (Fsp3) is 0.222. The molecule has 5 nitrogen and oxygen atoms in total. The van der Waals surface area contributed by atoms with Crippen LogP contribution in [0, 0.1) is 11.8 Å². The van der Waals surface area contributed by atoms with Crippen LogP contribution in [0.5, 0.6) is 0 Å². The van der Waals surface area contributed by atoms with E-state index in [0.717, 1.165) is 53.3 Å². The average Bonchev–Trinajstić information content (AvgIpc) is 3.76. The van der Waals surface area contributed by atoms with E-state index in [4.69, 9.17) is 4.98 Å². The molecule has 1 aliphatic rings. The van der Waals surface area contributed by atoms with Crippen LogP contribution in [-0.2, 0) is 12.8 Å². The second kappa shape index (κ2) is 13.1. The lowest BCUT2D eigenvalue weighted by Gasteiger charge is -2.27. The molecule has 0 unspecified atom stereocenters. The minimum Gasteiger partial charge on any atom is -0.361 e. The minimum atomic E-state index is 0.548. The van der Waals surface area contributed by atoms with Crippen LogP contribution in [0.4, 0.5) is 22.7 Å². The third-order valence-corrected chi connectivity index (χ3v) is 9.76. The number of hydrogen-bond donors (Lipinski definition) is 0. The quantitative estimate of drug-likeness (QED) is 0.145. The number of aromatic nitrogens is 2. The first-order chi connectivity index (χ1) is 24.4. The molecule has 0 bridgehead atoms. The van der Waals surface area contributed by atoms with E-state index in [0.29, 0.717) is 11.8 Å². The molecule has 7 aromatic rings. The normalized spacial score (nSPS) is 13.2. The van der Waals surface area contributed by atoms with Gasteiger partial charge in [0.2, 0.25) is 0 Å². The number of nitrogens with zero attached hydrogens (tertiary/aromatic N) is 5. The highest BCUT2D eigenvalue weighted by atomic mass is 15.3. The van der Waals surface area contributed by atoms with Crippen LogP contribution in [0.25, 0.3) is 38.6 Å². The van der Waals surface area contributed by atoms with E-state index < -0.39 is 0 Å². The average molecular weight is 656 g/mol. The maximum atomic E-state index is 5.26. The predicted molar refractivity (Wildman–Crippen MR) is 212 cm³/mol. The molecule has 0 radical (unpaired) electrons. The van der Waals surface area contributed by atoms with Crippen molar-refractivity contribution in [1.82, 2.24) is 14.3 Å². The Morgan fingerprint density at radius 2 is 1.32 bits per heavy atom. The van der Waals surface area contributed by atoms with Crippen molar-refractivity contribution in [3.05, 3.63) is 145 Å². The highest BCUT2D eigenvalue weighted by Gasteiger charge is 2.22. The number of hydrogen-bond acceptors (Lipinski definition) is 4. The number of para-hydroxylation sites is 2. The van der Waals surface area contributed by atoms with Crippen LogP contribution in [-0.4, -0.2) is 28.0 Å². The van der Waals surface area contributed by atoms with Crippen molar-refractivity contribution < 1.29 is 0 Å². The molecular weight excluding hydrogens is 611 g/mol. The Morgan fingerprint density at radius 3 is 2.04 bits per heavy atom. The van der Waals surface area contributed by atoms with Gasteiger partial charge in [0, 0.05) is 58.5 Å². The summed E-state index contributed by atoms with van der Waals surface area (Å²) in [5.74, 6) is 1.10. The topological polar surface area (TPSA) is 27.0 Å². The van der Waals surface area contributed by atoms with Crippen LogP contribution < -0.4 is 9.80 Å². The highest BCUT2D eigenvalue weighted by molar-refractivity contribution is 6.13. The molecular formula is C45H45N5. The van der Waals surface area contributed by atoms with Gasteiger partial charge in [0.05, 0.1) is 24.1 Å². The Morgan fingerprint density at radius 1 is 0.640 bits per heavy atom. The molecule has 2 aromatic heterocycles. The lowest BCUT2D eigenvalue weighted by molar-refractivity contribution is 0.496. The zero-order valence-corrected chi connectivity index (χ0v) is 29.7. The summed E-state index contributed by atoms with van der Waals surface area (Å²) in [7, 11) is 2.10. The standard InChI is InChI=1S/C45H45N5/c1-31(2)25-33-13-11-14-34(26-32(3)4)44(33)43-29-46-45-41-28-38(21-22-39(41)40-19-9-10-20-42(40)50(43)45)49(35-15-7-6-8-16-35)37-18-12-17-36(27-37)48-24-23-47(5)30-48/h6-24,27-29,31-32H,25-26,30H2,1-5H3. The Kier molecular flexibility index (Phi) is 8.28. The number of benzene rings is 5. The van der Waals surface area contributed by atoms with Gasteiger partial charge in [0.25, 0.3) is 0 Å². The highest BCUT2D eigenvalue weighted by Crippen LogP contribution is 2.41. The molecule has 0 amide bonds. The molecule has 0 aliphatic carbocycles. The number of anilines is 4. The van der Waals surface area contributed by atoms with E-state index in [1.807, 2.05) is 0 Å². The van der Waals surface area contributed by atoms with Gasteiger partial charge in [-0.15, -0.1) is 0 Å². The maximum Gasteiger partial charge on any atom is 0.145 e. The van der Waals surface area contributed by atoms with Crippen molar-refractivity contribution in [3.63, 3.8) is 0 Å². The van der Waals surface area contributed by atoms with E-state index in [-0.39, 0.29) is 0 Å². The summed E-state index contributed by atoms with van der Waals surface area (Å²) in [5.41, 5.74) is 11.9. The maximum absolute atomic E-state index is 5.26. The lowest BCUT2D eigenvalue weighted by atomic mass is 9.89. The molecule has 1 aliphatic heterocycles. The zero-order valence-electron chi connectivity index (χ0n) is 29.7. The van der Waals surface area contributed by atoms with E-state index >= 15 is 0 Å². The summed E-state index contributed by atoms with van der Waals surface area (Å²) in [6.07, 6.45) is 8.44. The van der Waals surface area contributed by atoms with Crippen molar-refractivity contribution in [2.75, 3.05) is 23.5 Å². The smallest absolute Gasteiger partial charge is 0.145 e. The summed E-state index contributed by atoms with van der Waals surface area (Å²) in [6, 6.07) is 42.1. The number of pyridine rings is 1. The van der Waals surface area contributed by atoms with E-state index in [1.54, 1.807) is 0 Å². The van der Waals surface area contributed by atoms with E-state index in [2.05, 4.69) is 188 Å². The van der Waals surface area contributed by atoms with Crippen LogP contribution in [0.15, 0.2) is 134 Å². The largest absolute Gasteiger partial charge is 0.361 e. The summed E-state index contributed by atoms with van der Waals surface area (Å²) in [5, 5.41) is 3.57.